The van der Waals surface area contributed by atoms with E-state index in [1.807, 2.05) is 0 Å². The summed E-state index contributed by atoms with van der Waals surface area (Å²) in [4.78, 5) is 4.46. The van der Waals surface area contributed by atoms with Crippen LogP contribution >= 0.6 is 11.3 Å². The van der Waals surface area contributed by atoms with Crippen molar-refractivity contribution in [3.05, 3.63) is 41.7 Å². The molecular formula is C12H11FN4O2S2. The van der Waals surface area contributed by atoms with Crippen molar-refractivity contribution in [2.75, 3.05) is 17.1 Å². The Kier molecular flexibility index (Phi) is 3.10. The maximum absolute atomic E-state index is 13.8. The van der Waals surface area contributed by atoms with E-state index in [0.717, 1.165) is 4.31 Å². The Bertz CT molecular complexity index is 916. The number of para-hydroxylation sites is 1. The molecule has 110 valence electrons. The van der Waals surface area contributed by atoms with Crippen molar-refractivity contribution in [2.45, 2.75) is 5.03 Å². The first-order valence-electron chi connectivity index (χ1n) is 5.87. The summed E-state index contributed by atoms with van der Waals surface area (Å²) in [6.07, 6.45) is 1.56. The number of anilines is 2. The van der Waals surface area contributed by atoms with Crippen molar-refractivity contribution in [2.24, 2.45) is 0 Å². The van der Waals surface area contributed by atoms with Crippen molar-refractivity contribution in [3.63, 3.8) is 0 Å². The number of imidazole rings is 1. The first-order chi connectivity index (χ1) is 9.93. The van der Waals surface area contributed by atoms with Gasteiger partial charge in [0.1, 0.15) is 5.82 Å². The van der Waals surface area contributed by atoms with E-state index in [2.05, 4.69) is 4.98 Å². The van der Waals surface area contributed by atoms with Crippen LogP contribution in [0.4, 0.5) is 15.9 Å². The summed E-state index contributed by atoms with van der Waals surface area (Å²) < 4.78 is 41.5. The molecule has 2 heterocycles. The van der Waals surface area contributed by atoms with Crippen molar-refractivity contribution in [1.82, 2.24) is 9.38 Å². The van der Waals surface area contributed by atoms with Gasteiger partial charge in [-0.3, -0.25) is 8.71 Å². The second kappa shape index (κ2) is 4.71. The predicted molar refractivity (Wildman–Crippen MR) is 79.5 cm³/mol. The van der Waals surface area contributed by atoms with Crippen LogP contribution in [0.1, 0.15) is 0 Å². The Morgan fingerprint density at radius 2 is 2.10 bits per heavy atom. The standard InChI is InChI=1S/C12H11FN4O2S2/c1-16(9-5-3-2-4-8(9)13)21(18,19)11-10(14)15-12-17(11)6-7-20-12/h2-7H,14H2,1H3. The number of hydrogen-bond acceptors (Lipinski definition) is 5. The van der Waals surface area contributed by atoms with E-state index in [4.69, 9.17) is 5.73 Å². The van der Waals surface area contributed by atoms with Gasteiger partial charge in [-0.2, -0.15) is 8.42 Å². The monoisotopic (exact) mass is 326 g/mol. The van der Waals surface area contributed by atoms with Gasteiger partial charge in [0, 0.05) is 18.6 Å². The third-order valence-corrected chi connectivity index (χ3v) is 5.61. The van der Waals surface area contributed by atoms with Crippen LogP contribution in [-0.2, 0) is 10.0 Å². The van der Waals surface area contributed by atoms with Crippen molar-refractivity contribution in [1.29, 1.82) is 0 Å². The number of aromatic nitrogens is 2. The molecule has 9 heteroatoms. The van der Waals surface area contributed by atoms with Gasteiger partial charge in [0.15, 0.2) is 10.8 Å². The molecule has 0 saturated carbocycles. The SMILES string of the molecule is CN(c1ccccc1F)S(=O)(=O)c1c(N)nc2sccn12. The highest BCUT2D eigenvalue weighted by molar-refractivity contribution is 7.92. The van der Waals surface area contributed by atoms with Crippen LogP contribution in [-0.4, -0.2) is 24.9 Å². The number of rotatable bonds is 3. The van der Waals surface area contributed by atoms with E-state index in [1.54, 1.807) is 17.6 Å². The number of nitrogens with zero attached hydrogens (tertiary/aromatic N) is 3. The Labute approximate surface area is 124 Å². The predicted octanol–water partition coefficient (Wildman–Crippen LogP) is 1.94. The molecule has 0 aliphatic rings. The van der Waals surface area contributed by atoms with Gasteiger partial charge in [-0.1, -0.05) is 12.1 Å². The minimum Gasteiger partial charge on any atom is -0.381 e. The highest BCUT2D eigenvalue weighted by Crippen LogP contribution is 2.29. The molecule has 0 aliphatic heterocycles. The topological polar surface area (TPSA) is 80.7 Å². The minimum atomic E-state index is -4.02. The lowest BCUT2D eigenvalue weighted by atomic mass is 10.3. The van der Waals surface area contributed by atoms with Crippen LogP contribution in [0.3, 0.4) is 0 Å². The normalized spacial score (nSPS) is 11.9. The fourth-order valence-corrected chi connectivity index (χ4v) is 4.16. The fourth-order valence-electron chi connectivity index (χ4n) is 2.00. The number of hydrogen-bond donors (Lipinski definition) is 1. The summed E-state index contributed by atoms with van der Waals surface area (Å²) in [7, 11) is -2.75. The van der Waals surface area contributed by atoms with Gasteiger partial charge >= 0.3 is 0 Å². The first-order valence-corrected chi connectivity index (χ1v) is 8.19. The molecule has 0 saturated heterocycles. The average Bonchev–Trinajstić information content (AvgIpc) is 2.97. The number of nitrogens with two attached hydrogens (primary N) is 1. The Morgan fingerprint density at radius 3 is 2.81 bits per heavy atom. The number of halogens is 1. The molecule has 0 fully saturated rings. The lowest BCUT2D eigenvalue weighted by molar-refractivity contribution is 0.586. The molecule has 2 N–H and O–H groups in total. The van der Waals surface area contributed by atoms with Crippen molar-refractivity contribution < 1.29 is 12.8 Å². The molecule has 6 nitrogen and oxygen atoms in total. The van der Waals surface area contributed by atoms with Gasteiger partial charge in [0.25, 0.3) is 10.0 Å². The smallest absolute Gasteiger partial charge is 0.284 e. The number of thiazole rings is 1. The Balaban J connectivity index is 2.19. The molecule has 21 heavy (non-hydrogen) atoms. The van der Waals surface area contributed by atoms with Crippen LogP contribution < -0.4 is 10.0 Å². The van der Waals surface area contributed by atoms with Crippen molar-refractivity contribution in [3.8, 4) is 0 Å². The van der Waals surface area contributed by atoms with Gasteiger partial charge < -0.3 is 5.73 Å². The zero-order valence-corrected chi connectivity index (χ0v) is 12.5. The second-order valence-corrected chi connectivity index (χ2v) is 7.04. The summed E-state index contributed by atoms with van der Waals surface area (Å²) >= 11 is 1.26. The maximum Gasteiger partial charge on any atom is 0.284 e. The van der Waals surface area contributed by atoms with Gasteiger partial charge in [-0.25, -0.2) is 9.37 Å². The third-order valence-electron chi connectivity index (χ3n) is 3.04. The molecule has 0 spiro atoms. The van der Waals surface area contributed by atoms with Gasteiger partial charge in [-0.05, 0) is 12.1 Å². The van der Waals surface area contributed by atoms with E-state index in [9.17, 15) is 12.8 Å². The Hall–Kier alpha value is -2.13. The van der Waals surface area contributed by atoms with E-state index >= 15 is 0 Å². The lowest BCUT2D eigenvalue weighted by Crippen LogP contribution is -2.29. The largest absolute Gasteiger partial charge is 0.381 e. The molecular weight excluding hydrogens is 315 g/mol. The molecule has 3 rings (SSSR count). The summed E-state index contributed by atoms with van der Waals surface area (Å²) in [6.45, 7) is 0. The summed E-state index contributed by atoms with van der Waals surface area (Å²) in [5.74, 6) is -0.738. The summed E-state index contributed by atoms with van der Waals surface area (Å²) in [5, 5.41) is 1.54. The van der Waals surface area contributed by atoms with Crippen molar-refractivity contribution >= 4 is 37.8 Å². The molecule has 0 bridgehead atoms. The molecule has 2 aromatic heterocycles. The molecule has 0 unspecified atom stereocenters. The van der Waals surface area contributed by atoms with Crippen LogP contribution in [0.15, 0.2) is 40.9 Å². The first kappa shape index (κ1) is 13.8. The van der Waals surface area contributed by atoms with E-state index in [1.165, 1.54) is 41.0 Å². The summed E-state index contributed by atoms with van der Waals surface area (Å²) in [6, 6.07) is 5.63. The zero-order valence-electron chi connectivity index (χ0n) is 10.9. The molecule has 0 atom stereocenters. The Morgan fingerprint density at radius 1 is 1.38 bits per heavy atom. The number of fused-ring (bicyclic) bond motifs is 1. The van der Waals surface area contributed by atoms with Gasteiger partial charge in [0.05, 0.1) is 5.69 Å². The molecule has 0 aliphatic carbocycles. The molecule has 1 aromatic carbocycles. The quantitative estimate of drug-likeness (QED) is 0.797. The molecule has 3 aromatic rings. The number of benzene rings is 1. The number of sulfonamides is 1. The fraction of sp³-hybridized carbons (Fsp3) is 0.0833. The van der Waals surface area contributed by atoms with E-state index < -0.39 is 15.8 Å². The highest BCUT2D eigenvalue weighted by atomic mass is 32.2. The number of nitrogen functional groups attached to an aromatic ring is 1. The van der Waals surface area contributed by atoms with E-state index in [-0.39, 0.29) is 16.5 Å². The second-order valence-electron chi connectivity index (χ2n) is 4.28. The molecule has 0 radical (unpaired) electrons. The summed E-state index contributed by atoms with van der Waals surface area (Å²) in [5.41, 5.74) is 5.66. The minimum absolute atomic E-state index is 0.0536. The average molecular weight is 326 g/mol. The molecule has 0 amide bonds. The lowest BCUT2D eigenvalue weighted by Gasteiger charge is -2.19. The van der Waals surface area contributed by atoms with Crippen LogP contribution in [0.25, 0.3) is 4.96 Å². The highest BCUT2D eigenvalue weighted by Gasteiger charge is 2.30. The van der Waals surface area contributed by atoms with Crippen LogP contribution in [0, 0.1) is 5.82 Å². The van der Waals surface area contributed by atoms with Gasteiger partial charge in [-0.15, -0.1) is 11.3 Å². The van der Waals surface area contributed by atoms with Crippen LogP contribution in [0.5, 0.6) is 0 Å². The van der Waals surface area contributed by atoms with Gasteiger partial charge in [0.2, 0.25) is 5.03 Å². The van der Waals surface area contributed by atoms with E-state index in [0.29, 0.717) is 4.96 Å². The maximum atomic E-state index is 13.8. The zero-order chi connectivity index (χ0) is 15.2. The van der Waals surface area contributed by atoms with Crippen LogP contribution in [0.2, 0.25) is 0 Å². The third kappa shape index (κ3) is 2.05.